The third-order valence-corrected chi connectivity index (χ3v) is 3.96. The number of allylic oxidation sites excluding steroid dienone is 1. The summed E-state index contributed by atoms with van der Waals surface area (Å²) in [5.74, 6) is 0.913. The summed E-state index contributed by atoms with van der Waals surface area (Å²) in [5, 5.41) is 3.53. The summed E-state index contributed by atoms with van der Waals surface area (Å²) in [6, 6.07) is 8.32. The number of hydrogen-bond donors (Lipinski definition) is 1. The molecule has 0 radical (unpaired) electrons. The van der Waals surface area contributed by atoms with Crippen molar-refractivity contribution in [2.24, 2.45) is 0 Å². The van der Waals surface area contributed by atoms with E-state index in [9.17, 15) is 0 Å². The lowest BCUT2D eigenvalue weighted by molar-refractivity contribution is 0.110. The number of rotatable bonds is 10. The fourth-order valence-corrected chi connectivity index (χ4v) is 2.68. The van der Waals surface area contributed by atoms with Gasteiger partial charge in [0.25, 0.3) is 0 Å². The van der Waals surface area contributed by atoms with Gasteiger partial charge in [0, 0.05) is 13.2 Å². The van der Waals surface area contributed by atoms with Gasteiger partial charge in [0.05, 0.1) is 6.61 Å². The first-order chi connectivity index (χ1) is 10.9. The molecule has 0 amide bonds. The second-order valence-electron chi connectivity index (χ2n) is 5.72. The fourth-order valence-electron chi connectivity index (χ4n) is 2.68. The quantitative estimate of drug-likeness (QED) is 0.522. The molecule has 0 aromatic heterocycles. The highest BCUT2D eigenvalue weighted by molar-refractivity contribution is 5.27. The van der Waals surface area contributed by atoms with Crippen molar-refractivity contribution >= 4 is 0 Å². The fraction of sp³-hybridized carbons (Fsp3) is 0.579. The van der Waals surface area contributed by atoms with Crippen LogP contribution in [-0.4, -0.2) is 26.4 Å². The van der Waals surface area contributed by atoms with E-state index in [0.29, 0.717) is 13.2 Å². The molecule has 0 atom stereocenters. The highest BCUT2D eigenvalue weighted by Crippen LogP contribution is 2.19. The third kappa shape index (κ3) is 6.63. The molecule has 0 unspecified atom stereocenters. The molecule has 1 aromatic carbocycles. The molecule has 0 fully saturated rings. The molecular formula is C19H29NO2. The maximum absolute atomic E-state index is 5.62. The molecule has 0 aliphatic heterocycles. The molecule has 1 aromatic rings. The predicted molar refractivity (Wildman–Crippen MR) is 91.3 cm³/mol. The van der Waals surface area contributed by atoms with Gasteiger partial charge in [0.15, 0.2) is 0 Å². The van der Waals surface area contributed by atoms with Crippen LogP contribution in [-0.2, 0) is 11.3 Å². The van der Waals surface area contributed by atoms with Crippen LogP contribution in [0.1, 0.15) is 44.6 Å². The van der Waals surface area contributed by atoms with Gasteiger partial charge in [-0.05, 0) is 63.3 Å². The Hall–Kier alpha value is -1.32. The van der Waals surface area contributed by atoms with Gasteiger partial charge in [-0.2, -0.15) is 0 Å². The van der Waals surface area contributed by atoms with Crippen molar-refractivity contribution in [2.45, 2.75) is 45.6 Å². The van der Waals surface area contributed by atoms with E-state index in [-0.39, 0.29) is 0 Å². The SMILES string of the molecule is CCOCCOc1ccc(CNCCC2=CCCCC2)cc1. The van der Waals surface area contributed by atoms with Gasteiger partial charge in [0.1, 0.15) is 12.4 Å². The molecule has 0 bridgehead atoms. The minimum atomic E-state index is 0.612. The van der Waals surface area contributed by atoms with Gasteiger partial charge in [-0.25, -0.2) is 0 Å². The second-order valence-corrected chi connectivity index (χ2v) is 5.72. The minimum Gasteiger partial charge on any atom is -0.491 e. The lowest BCUT2D eigenvalue weighted by Gasteiger charge is -2.13. The average Bonchev–Trinajstić information content (AvgIpc) is 2.58. The summed E-state index contributed by atoms with van der Waals surface area (Å²) < 4.78 is 10.9. The van der Waals surface area contributed by atoms with Gasteiger partial charge >= 0.3 is 0 Å². The van der Waals surface area contributed by atoms with E-state index in [1.807, 2.05) is 19.1 Å². The summed E-state index contributed by atoms with van der Waals surface area (Å²) >= 11 is 0. The topological polar surface area (TPSA) is 30.5 Å². The van der Waals surface area contributed by atoms with Crippen LogP contribution >= 0.6 is 0 Å². The zero-order chi connectivity index (χ0) is 15.5. The molecule has 0 saturated heterocycles. The van der Waals surface area contributed by atoms with Crippen molar-refractivity contribution in [1.82, 2.24) is 5.32 Å². The molecule has 1 aliphatic rings. The largest absolute Gasteiger partial charge is 0.491 e. The minimum absolute atomic E-state index is 0.612. The van der Waals surface area contributed by atoms with Crippen LogP contribution in [0.25, 0.3) is 0 Å². The van der Waals surface area contributed by atoms with E-state index in [1.165, 1.54) is 37.7 Å². The van der Waals surface area contributed by atoms with Crippen molar-refractivity contribution in [2.75, 3.05) is 26.4 Å². The smallest absolute Gasteiger partial charge is 0.119 e. The Kier molecular flexibility index (Phi) is 8.07. The average molecular weight is 303 g/mol. The number of hydrogen-bond acceptors (Lipinski definition) is 3. The van der Waals surface area contributed by atoms with E-state index < -0.39 is 0 Å². The molecule has 3 heteroatoms. The summed E-state index contributed by atoms with van der Waals surface area (Å²) in [7, 11) is 0. The first-order valence-corrected chi connectivity index (χ1v) is 8.56. The van der Waals surface area contributed by atoms with E-state index in [1.54, 1.807) is 5.57 Å². The van der Waals surface area contributed by atoms with Gasteiger partial charge in [-0.3, -0.25) is 0 Å². The van der Waals surface area contributed by atoms with Crippen molar-refractivity contribution in [3.63, 3.8) is 0 Å². The third-order valence-electron chi connectivity index (χ3n) is 3.96. The number of benzene rings is 1. The number of ether oxygens (including phenoxy) is 2. The van der Waals surface area contributed by atoms with Crippen LogP contribution in [0.3, 0.4) is 0 Å². The predicted octanol–water partition coefficient (Wildman–Crippen LogP) is 4.08. The Labute approximate surface area is 134 Å². The zero-order valence-electron chi connectivity index (χ0n) is 13.8. The Morgan fingerprint density at radius 1 is 1.09 bits per heavy atom. The van der Waals surface area contributed by atoms with E-state index in [2.05, 4.69) is 23.5 Å². The lowest BCUT2D eigenvalue weighted by Crippen LogP contribution is -2.15. The van der Waals surface area contributed by atoms with E-state index >= 15 is 0 Å². The lowest BCUT2D eigenvalue weighted by atomic mass is 9.97. The van der Waals surface area contributed by atoms with Gasteiger partial charge in [-0.15, -0.1) is 0 Å². The standard InChI is InChI=1S/C19H29NO2/c1-2-21-14-15-22-19-10-8-18(9-11-19)16-20-13-12-17-6-4-3-5-7-17/h6,8-11,20H,2-5,7,12-16H2,1H3. The van der Waals surface area contributed by atoms with Crippen LogP contribution in [0.5, 0.6) is 5.75 Å². The highest BCUT2D eigenvalue weighted by atomic mass is 16.5. The van der Waals surface area contributed by atoms with Crippen LogP contribution < -0.4 is 10.1 Å². The van der Waals surface area contributed by atoms with Crippen LogP contribution in [0.2, 0.25) is 0 Å². The first kappa shape index (κ1) is 17.0. The summed E-state index contributed by atoms with van der Waals surface area (Å²) in [4.78, 5) is 0. The van der Waals surface area contributed by atoms with Crippen molar-refractivity contribution in [3.05, 3.63) is 41.5 Å². The Morgan fingerprint density at radius 3 is 2.68 bits per heavy atom. The molecule has 1 aliphatic carbocycles. The van der Waals surface area contributed by atoms with Crippen LogP contribution in [0, 0.1) is 0 Å². The maximum atomic E-state index is 5.62. The normalized spacial score (nSPS) is 14.7. The maximum Gasteiger partial charge on any atom is 0.119 e. The van der Waals surface area contributed by atoms with Gasteiger partial charge in [0.2, 0.25) is 0 Å². The molecule has 0 heterocycles. The van der Waals surface area contributed by atoms with Crippen molar-refractivity contribution in [3.8, 4) is 5.75 Å². The van der Waals surface area contributed by atoms with Crippen LogP contribution in [0.15, 0.2) is 35.9 Å². The zero-order valence-corrected chi connectivity index (χ0v) is 13.8. The molecular weight excluding hydrogens is 274 g/mol. The summed E-state index contributed by atoms with van der Waals surface area (Å²) in [5.41, 5.74) is 2.94. The first-order valence-electron chi connectivity index (χ1n) is 8.56. The molecule has 1 N–H and O–H groups in total. The molecule has 2 rings (SSSR count). The molecule has 3 nitrogen and oxygen atoms in total. The summed E-state index contributed by atoms with van der Waals surface area (Å²) in [6.07, 6.45) is 8.94. The van der Waals surface area contributed by atoms with Crippen molar-refractivity contribution < 1.29 is 9.47 Å². The van der Waals surface area contributed by atoms with E-state index in [4.69, 9.17) is 9.47 Å². The number of nitrogens with one attached hydrogen (secondary N) is 1. The Balaban J connectivity index is 1.60. The highest BCUT2D eigenvalue weighted by Gasteiger charge is 2.03. The summed E-state index contributed by atoms with van der Waals surface area (Å²) in [6.45, 7) is 5.98. The molecule has 122 valence electrons. The molecule has 22 heavy (non-hydrogen) atoms. The van der Waals surface area contributed by atoms with E-state index in [0.717, 1.165) is 25.4 Å². The van der Waals surface area contributed by atoms with Crippen LogP contribution in [0.4, 0.5) is 0 Å². The second kappa shape index (κ2) is 10.4. The monoisotopic (exact) mass is 303 g/mol. The Morgan fingerprint density at radius 2 is 1.95 bits per heavy atom. The van der Waals surface area contributed by atoms with Gasteiger partial charge in [-0.1, -0.05) is 23.8 Å². The van der Waals surface area contributed by atoms with Crippen molar-refractivity contribution in [1.29, 1.82) is 0 Å². The molecule has 0 spiro atoms. The Bertz CT molecular complexity index is 439. The van der Waals surface area contributed by atoms with Gasteiger partial charge < -0.3 is 14.8 Å². The molecule has 0 saturated carbocycles.